The lowest BCUT2D eigenvalue weighted by Crippen LogP contribution is -1.94. The highest BCUT2D eigenvalue weighted by Crippen LogP contribution is 2.23. The van der Waals surface area contributed by atoms with Crippen LogP contribution in [-0.2, 0) is 11.3 Å². The molecule has 0 amide bonds. The molecular formula is C16H17ClO2. The fraction of sp³-hybridized carbons (Fsp3) is 0.250. The molecule has 0 aliphatic carbocycles. The zero-order valence-corrected chi connectivity index (χ0v) is 11.7. The van der Waals surface area contributed by atoms with Gasteiger partial charge >= 0.3 is 0 Å². The molecule has 0 N–H and O–H groups in total. The summed E-state index contributed by atoms with van der Waals surface area (Å²) in [7, 11) is 0. The lowest BCUT2D eigenvalue weighted by atomic mass is 10.2. The Morgan fingerprint density at radius 1 is 1.00 bits per heavy atom. The molecule has 2 rings (SSSR count). The van der Waals surface area contributed by atoms with Gasteiger partial charge in [-0.3, -0.25) is 0 Å². The molecule has 2 nitrogen and oxygen atoms in total. The van der Waals surface area contributed by atoms with E-state index in [4.69, 9.17) is 21.1 Å². The maximum absolute atomic E-state index is 5.84. The highest BCUT2D eigenvalue weighted by molar-refractivity contribution is 6.30. The monoisotopic (exact) mass is 276 g/mol. The number of hydrogen-bond donors (Lipinski definition) is 0. The first kappa shape index (κ1) is 13.9. The van der Waals surface area contributed by atoms with E-state index < -0.39 is 0 Å². The van der Waals surface area contributed by atoms with Crippen molar-refractivity contribution in [3.63, 3.8) is 0 Å². The molecule has 0 saturated heterocycles. The van der Waals surface area contributed by atoms with Gasteiger partial charge in [0.2, 0.25) is 0 Å². The number of ether oxygens (including phenoxy) is 2. The largest absolute Gasteiger partial charge is 0.457 e. The van der Waals surface area contributed by atoms with Gasteiger partial charge in [0.15, 0.2) is 0 Å². The van der Waals surface area contributed by atoms with Crippen LogP contribution in [0, 0.1) is 0 Å². The number of halogens is 1. The van der Waals surface area contributed by atoms with E-state index in [0.717, 1.165) is 30.1 Å². The lowest BCUT2D eigenvalue weighted by molar-refractivity contribution is 0.121. The smallest absolute Gasteiger partial charge is 0.127 e. The van der Waals surface area contributed by atoms with Crippen molar-refractivity contribution in [3.8, 4) is 11.5 Å². The summed E-state index contributed by atoms with van der Waals surface area (Å²) in [4.78, 5) is 0. The summed E-state index contributed by atoms with van der Waals surface area (Å²) in [6.45, 7) is 3.49. The molecule has 0 atom stereocenters. The van der Waals surface area contributed by atoms with Crippen molar-refractivity contribution in [2.24, 2.45) is 0 Å². The van der Waals surface area contributed by atoms with E-state index in [1.807, 2.05) is 48.5 Å². The maximum Gasteiger partial charge on any atom is 0.127 e. The summed E-state index contributed by atoms with van der Waals surface area (Å²) in [5, 5.41) is 0.703. The summed E-state index contributed by atoms with van der Waals surface area (Å²) in [6.07, 6.45) is 1.03. The fourth-order valence-corrected chi connectivity index (χ4v) is 1.80. The van der Waals surface area contributed by atoms with Crippen molar-refractivity contribution in [2.45, 2.75) is 20.0 Å². The molecule has 2 aromatic carbocycles. The molecule has 0 heterocycles. The Bertz CT molecular complexity index is 508. The van der Waals surface area contributed by atoms with E-state index in [9.17, 15) is 0 Å². The molecule has 100 valence electrons. The normalized spacial score (nSPS) is 10.4. The fourth-order valence-electron chi connectivity index (χ4n) is 1.67. The van der Waals surface area contributed by atoms with E-state index in [1.165, 1.54) is 0 Å². The van der Waals surface area contributed by atoms with E-state index in [1.54, 1.807) is 0 Å². The highest BCUT2D eigenvalue weighted by Gasteiger charge is 1.99. The van der Waals surface area contributed by atoms with Crippen LogP contribution in [-0.4, -0.2) is 6.61 Å². The van der Waals surface area contributed by atoms with Gasteiger partial charge < -0.3 is 9.47 Å². The third kappa shape index (κ3) is 4.58. The van der Waals surface area contributed by atoms with Gasteiger partial charge in [-0.2, -0.15) is 0 Å². The Kier molecular flexibility index (Phi) is 5.25. The topological polar surface area (TPSA) is 18.5 Å². The van der Waals surface area contributed by atoms with Crippen molar-refractivity contribution < 1.29 is 9.47 Å². The third-order valence-electron chi connectivity index (χ3n) is 2.56. The molecule has 2 aromatic rings. The summed E-state index contributed by atoms with van der Waals surface area (Å²) in [5.74, 6) is 1.58. The van der Waals surface area contributed by atoms with E-state index in [2.05, 4.69) is 6.92 Å². The SMILES string of the molecule is CCCOCc1cccc(Oc2ccc(Cl)cc2)c1. The van der Waals surface area contributed by atoms with Crippen molar-refractivity contribution in [2.75, 3.05) is 6.61 Å². The molecule has 0 aliphatic rings. The van der Waals surface area contributed by atoms with Gasteiger partial charge in [-0.05, 0) is 48.4 Å². The van der Waals surface area contributed by atoms with Crippen LogP contribution in [0.5, 0.6) is 11.5 Å². The molecular weight excluding hydrogens is 260 g/mol. The summed E-state index contributed by atoms with van der Waals surface area (Å²) >= 11 is 5.84. The summed E-state index contributed by atoms with van der Waals surface area (Å²) in [6, 6.07) is 15.2. The van der Waals surface area contributed by atoms with Gasteiger partial charge in [-0.1, -0.05) is 30.7 Å². The second-order valence-corrected chi connectivity index (χ2v) is 4.69. The highest BCUT2D eigenvalue weighted by atomic mass is 35.5. The predicted octanol–water partition coefficient (Wildman–Crippen LogP) is 5.06. The Morgan fingerprint density at radius 3 is 2.53 bits per heavy atom. The van der Waals surface area contributed by atoms with Gasteiger partial charge in [0.05, 0.1) is 6.61 Å². The van der Waals surface area contributed by atoms with Crippen molar-refractivity contribution in [3.05, 3.63) is 59.1 Å². The number of hydrogen-bond acceptors (Lipinski definition) is 2. The second kappa shape index (κ2) is 7.17. The predicted molar refractivity (Wildman–Crippen MR) is 77.9 cm³/mol. The summed E-state index contributed by atoms with van der Waals surface area (Å²) < 4.78 is 11.3. The quantitative estimate of drug-likeness (QED) is 0.687. The van der Waals surface area contributed by atoms with Crippen LogP contribution >= 0.6 is 11.6 Å². The number of benzene rings is 2. The van der Waals surface area contributed by atoms with Crippen LogP contribution in [0.25, 0.3) is 0 Å². The van der Waals surface area contributed by atoms with Gasteiger partial charge in [0, 0.05) is 11.6 Å². The van der Waals surface area contributed by atoms with Crippen molar-refractivity contribution in [1.29, 1.82) is 0 Å². The molecule has 0 bridgehead atoms. The molecule has 3 heteroatoms. The molecule has 0 unspecified atom stereocenters. The molecule has 0 aromatic heterocycles. The van der Waals surface area contributed by atoms with Crippen LogP contribution in [0.1, 0.15) is 18.9 Å². The first-order valence-electron chi connectivity index (χ1n) is 6.38. The molecule has 0 saturated carbocycles. The van der Waals surface area contributed by atoms with E-state index in [0.29, 0.717) is 11.6 Å². The molecule has 0 fully saturated rings. The minimum Gasteiger partial charge on any atom is -0.457 e. The van der Waals surface area contributed by atoms with Gasteiger partial charge in [0.25, 0.3) is 0 Å². The molecule has 0 aliphatic heterocycles. The van der Waals surface area contributed by atoms with E-state index in [-0.39, 0.29) is 0 Å². The van der Waals surface area contributed by atoms with Crippen LogP contribution in [0.3, 0.4) is 0 Å². The van der Waals surface area contributed by atoms with Crippen LogP contribution < -0.4 is 4.74 Å². The number of rotatable bonds is 6. The average molecular weight is 277 g/mol. The zero-order valence-electron chi connectivity index (χ0n) is 10.9. The Balaban J connectivity index is 2.00. The second-order valence-electron chi connectivity index (χ2n) is 4.26. The van der Waals surface area contributed by atoms with Crippen LogP contribution in [0.15, 0.2) is 48.5 Å². The third-order valence-corrected chi connectivity index (χ3v) is 2.82. The maximum atomic E-state index is 5.84. The van der Waals surface area contributed by atoms with Gasteiger partial charge in [-0.15, -0.1) is 0 Å². The minimum absolute atomic E-state index is 0.617. The Labute approximate surface area is 118 Å². The first-order chi connectivity index (χ1) is 9.28. The Morgan fingerprint density at radius 2 is 1.79 bits per heavy atom. The minimum atomic E-state index is 0.617. The lowest BCUT2D eigenvalue weighted by Gasteiger charge is -2.08. The van der Waals surface area contributed by atoms with Crippen molar-refractivity contribution in [1.82, 2.24) is 0 Å². The van der Waals surface area contributed by atoms with E-state index >= 15 is 0 Å². The molecule has 0 spiro atoms. The Hall–Kier alpha value is -1.51. The standard InChI is InChI=1S/C16H17ClO2/c1-2-10-18-12-13-4-3-5-16(11-13)19-15-8-6-14(17)7-9-15/h3-9,11H,2,10,12H2,1H3. The average Bonchev–Trinajstić information content (AvgIpc) is 2.42. The summed E-state index contributed by atoms with van der Waals surface area (Å²) in [5.41, 5.74) is 1.11. The molecule has 19 heavy (non-hydrogen) atoms. The van der Waals surface area contributed by atoms with Gasteiger partial charge in [0.1, 0.15) is 11.5 Å². The zero-order chi connectivity index (χ0) is 13.5. The first-order valence-corrected chi connectivity index (χ1v) is 6.76. The molecule has 0 radical (unpaired) electrons. The van der Waals surface area contributed by atoms with Gasteiger partial charge in [-0.25, -0.2) is 0 Å². The van der Waals surface area contributed by atoms with Crippen LogP contribution in [0.2, 0.25) is 5.02 Å². The van der Waals surface area contributed by atoms with Crippen molar-refractivity contribution >= 4 is 11.6 Å². The van der Waals surface area contributed by atoms with Crippen LogP contribution in [0.4, 0.5) is 0 Å².